The van der Waals surface area contributed by atoms with Crippen molar-refractivity contribution >= 4 is 46.9 Å². The molecular weight excluding hydrogens is 411 g/mol. The van der Waals surface area contributed by atoms with Crippen LogP contribution >= 0.6 is 34.8 Å². The lowest BCUT2D eigenvalue weighted by Crippen LogP contribution is -2.18. The molecule has 5 nitrogen and oxygen atoms in total. The normalized spacial score (nSPS) is 12.1. The number of carbonyl (C=O) groups is 1. The fourth-order valence-electron chi connectivity index (χ4n) is 2.11. The molecule has 0 spiro atoms. The average molecular weight is 430 g/mol. The third kappa shape index (κ3) is 5.76. The highest BCUT2D eigenvalue weighted by Crippen LogP contribution is 2.37. The zero-order chi connectivity index (χ0) is 20.0. The molecule has 0 aliphatic carbocycles. The Balaban J connectivity index is 2.14. The van der Waals surface area contributed by atoms with E-state index in [2.05, 4.69) is 10.5 Å². The minimum absolute atomic E-state index is 0.000621. The van der Waals surface area contributed by atoms with Gasteiger partial charge in [0.25, 0.3) is 5.91 Å². The molecule has 0 radical (unpaired) electrons. The van der Waals surface area contributed by atoms with Gasteiger partial charge in [-0.05, 0) is 49.2 Å². The Kier molecular flexibility index (Phi) is 7.78. The second kappa shape index (κ2) is 9.83. The molecule has 0 bridgehead atoms. The van der Waals surface area contributed by atoms with E-state index < -0.39 is 5.91 Å². The van der Waals surface area contributed by atoms with Crippen molar-refractivity contribution < 1.29 is 14.3 Å². The Morgan fingerprint density at radius 1 is 1.22 bits per heavy atom. The highest BCUT2D eigenvalue weighted by molar-refractivity contribution is 6.36. The molecule has 1 amide bonds. The summed E-state index contributed by atoms with van der Waals surface area (Å²) in [4.78, 5) is 12.1. The van der Waals surface area contributed by atoms with Gasteiger partial charge in [0.1, 0.15) is 0 Å². The zero-order valence-corrected chi connectivity index (χ0v) is 17.3. The lowest BCUT2D eigenvalue weighted by Gasteiger charge is -2.17. The van der Waals surface area contributed by atoms with Gasteiger partial charge in [0, 0.05) is 5.02 Å². The molecular formula is C19H19Cl3N2O3. The number of nitrogens with one attached hydrogen (secondary N) is 1. The number of rotatable bonds is 7. The van der Waals surface area contributed by atoms with Crippen LogP contribution in [0.2, 0.25) is 15.1 Å². The quantitative estimate of drug-likeness (QED) is 0.460. The molecule has 0 unspecified atom stereocenters. The highest BCUT2D eigenvalue weighted by Gasteiger charge is 2.14. The first-order valence-corrected chi connectivity index (χ1v) is 9.31. The van der Waals surface area contributed by atoms with Gasteiger partial charge in [-0.3, -0.25) is 4.79 Å². The van der Waals surface area contributed by atoms with Crippen molar-refractivity contribution in [2.75, 3.05) is 7.11 Å². The Morgan fingerprint density at radius 2 is 1.96 bits per heavy atom. The molecule has 2 aromatic rings. The molecule has 0 aromatic heterocycles. The van der Waals surface area contributed by atoms with Crippen LogP contribution in [0.3, 0.4) is 0 Å². The van der Waals surface area contributed by atoms with Gasteiger partial charge >= 0.3 is 0 Å². The molecule has 2 aromatic carbocycles. The molecule has 144 valence electrons. The molecule has 27 heavy (non-hydrogen) atoms. The van der Waals surface area contributed by atoms with Crippen molar-refractivity contribution in [3.63, 3.8) is 0 Å². The molecule has 0 aliphatic rings. The summed E-state index contributed by atoms with van der Waals surface area (Å²) in [5.41, 5.74) is 3.31. The fraction of sp³-hybridized carbons (Fsp3) is 0.263. The van der Waals surface area contributed by atoms with Gasteiger partial charge in [-0.15, -0.1) is 0 Å². The van der Waals surface area contributed by atoms with E-state index in [1.165, 1.54) is 25.5 Å². The first-order valence-electron chi connectivity index (χ1n) is 8.18. The second-order valence-corrected chi connectivity index (χ2v) is 6.94. The number of nitrogens with zero attached hydrogens (tertiary/aromatic N) is 1. The maximum absolute atomic E-state index is 12.1. The Hall–Kier alpha value is -1.95. The van der Waals surface area contributed by atoms with Gasteiger partial charge < -0.3 is 9.47 Å². The van der Waals surface area contributed by atoms with Crippen molar-refractivity contribution in [3.05, 3.63) is 56.5 Å². The largest absolute Gasteiger partial charge is 0.493 e. The number of carbonyl (C=O) groups excluding carboxylic acids is 1. The van der Waals surface area contributed by atoms with Crippen LogP contribution in [-0.4, -0.2) is 25.3 Å². The molecule has 0 saturated carbocycles. The Labute approximate surface area is 173 Å². The monoisotopic (exact) mass is 428 g/mol. The molecule has 8 heteroatoms. The first kappa shape index (κ1) is 21.4. The Bertz CT molecular complexity index is 856. The SMILES string of the molecule is CC[C@H](C)Oc1c(Cl)cc(/C=N\NC(=O)c2ccc(Cl)cc2Cl)cc1OC. The number of halogens is 3. The van der Waals surface area contributed by atoms with Crippen molar-refractivity contribution in [1.29, 1.82) is 0 Å². The maximum Gasteiger partial charge on any atom is 0.272 e. The number of ether oxygens (including phenoxy) is 2. The number of amides is 1. The lowest BCUT2D eigenvalue weighted by molar-refractivity contribution is 0.0955. The number of hydrazone groups is 1. The van der Waals surface area contributed by atoms with E-state index in [1.807, 2.05) is 13.8 Å². The predicted octanol–water partition coefficient (Wildman–Crippen LogP) is 5.60. The van der Waals surface area contributed by atoms with Gasteiger partial charge in [-0.1, -0.05) is 41.7 Å². The second-order valence-electron chi connectivity index (χ2n) is 5.69. The third-order valence-corrected chi connectivity index (χ3v) is 4.53. The van der Waals surface area contributed by atoms with Crippen LogP contribution in [0.15, 0.2) is 35.4 Å². The van der Waals surface area contributed by atoms with Crippen LogP contribution in [0.5, 0.6) is 11.5 Å². The van der Waals surface area contributed by atoms with Crippen LogP contribution in [0.1, 0.15) is 36.2 Å². The van der Waals surface area contributed by atoms with Crippen LogP contribution in [0, 0.1) is 0 Å². The van der Waals surface area contributed by atoms with Crippen molar-refractivity contribution in [2.45, 2.75) is 26.4 Å². The minimum atomic E-state index is -0.456. The molecule has 0 fully saturated rings. The zero-order valence-electron chi connectivity index (χ0n) is 15.1. The molecule has 0 saturated heterocycles. The number of hydrogen-bond acceptors (Lipinski definition) is 4. The fourth-order valence-corrected chi connectivity index (χ4v) is 2.87. The summed E-state index contributed by atoms with van der Waals surface area (Å²) in [6.45, 7) is 3.96. The van der Waals surface area contributed by atoms with Gasteiger partial charge in [0.05, 0.1) is 35.0 Å². The number of hydrogen-bond donors (Lipinski definition) is 1. The summed E-state index contributed by atoms with van der Waals surface area (Å²) in [5.74, 6) is 0.502. The molecule has 1 N–H and O–H groups in total. The van der Waals surface area contributed by atoms with Gasteiger partial charge in [0.2, 0.25) is 0 Å². The van der Waals surface area contributed by atoms with Gasteiger partial charge in [-0.25, -0.2) is 5.43 Å². The van der Waals surface area contributed by atoms with Crippen molar-refractivity contribution in [2.24, 2.45) is 5.10 Å². The molecule has 2 rings (SSSR count). The minimum Gasteiger partial charge on any atom is -0.493 e. The summed E-state index contributed by atoms with van der Waals surface area (Å²) < 4.78 is 11.1. The Morgan fingerprint density at radius 3 is 2.59 bits per heavy atom. The van der Waals surface area contributed by atoms with E-state index in [4.69, 9.17) is 44.3 Å². The number of benzene rings is 2. The lowest BCUT2D eigenvalue weighted by atomic mass is 10.2. The van der Waals surface area contributed by atoms with E-state index in [0.717, 1.165) is 6.42 Å². The van der Waals surface area contributed by atoms with E-state index in [1.54, 1.807) is 18.2 Å². The third-order valence-electron chi connectivity index (χ3n) is 3.70. The van der Waals surface area contributed by atoms with Crippen LogP contribution in [0.4, 0.5) is 0 Å². The summed E-state index contributed by atoms with van der Waals surface area (Å²) in [6, 6.07) is 7.98. The van der Waals surface area contributed by atoms with Crippen LogP contribution in [0.25, 0.3) is 0 Å². The summed E-state index contributed by atoms with van der Waals surface area (Å²) in [7, 11) is 1.53. The van der Waals surface area contributed by atoms with Crippen LogP contribution < -0.4 is 14.9 Å². The maximum atomic E-state index is 12.1. The summed E-state index contributed by atoms with van der Waals surface area (Å²) in [6.07, 6.45) is 2.28. The van der Waals surface area contributed by atoms with Crippen molar-refractivity contribution in [1.82, 2.24) is 5.43 Å². The van der Waals surface area contributed by atoms with Crippen LogP contribution in [-0.2, 0) is 0 Å². The van der Waals surface area contributed by atoms with Crippen molar-refractivity contribution in [3.8, 4) is 11.5 Å². The standard InChI is InChI=1S/C19H19Cl3N2O3/c1-4-11(2)27-18-16(22)7-12(8-17(18)26-3)10-23-24-19(25)14-6-5-13(20)9-15(14)21/h5-11H,4H2,1-3H3,(H,24,25)/b23-10-/t11-/m0/s1. The number of methoxy groups -OCH3 is 1. The van der Waals surface area contributed by atoms with E-state index in [9.17, 15) is 4.79 Å². The van der Waals surface area contributed by atoms with Gasteiger partial charge in [-0.2, -0.15) is 5.10 Å². The first-order chi connectivity index (χ1) is 12.8. The molecule has 1 atom stereocenters. The predicted molar refractivity (Wildman–Crippen MR) is 110 cm³/mol. The molecule has 0 heterocycles. The van der Waals surface area contributed by atoms with E-state index >= 15 is 0 Å². The van der Waals surface area contributed by atoms with E-state index in [0.29, 0.717) is 27.1 Å². The smallest absolute Gasteiger partial charge is 0.272 e. The van der Waals surface area contributed by atoms with Gasteiger partial charge in [0.15, 0.2) is 11.5 Å². The summed E-state index contributed by atoms with van der Waals surface area (Å²) in [5, 5.41) is 5.01. The average Bonchev–Trinajstić information content (AvgIpc) is 2.63. The topological polar surface area (TPSA) is 59.9 Å². The highest BCUT2D eigenvalue weighted by atomic mass is 35.5. The van der Waals surface area contributed by atoms with E-state index in [-0.39, 0.29) is 16.7 Å². The summed E-state index contributed by atoms with van der Waals surface area (Å²) >= 11 is 18.1. The molecule has 0 aliphatic heterocycles.